The van der Waals surface area contributed by atoms with Crippen LogP contribution in [0.3, 0.4) is 0 Å². The Morgan fingerprint density at radius 3 is 2.89 bits per heavy atom. The average Bonchev–Trinajstić information content (AvgIpc) is 2.69. The van der Waals surface area contributed by atoms with Crippen LogP contribution in [-0.4, -0.2) is 22.6 Å². The summed E-state index contributed by atoms with van der Waals surface area (Å²) >= 11 is 0. The van der Waals surface area contributed by atoms with E-state index in [1.54, 1.807) is 0 Å². The van der Waals surface area contributed by atoms with Crippen LogP contribution in [0.1, 0.15) is 38.1 Å². The maximum atomic E-state index is 4.53. The highest BCUT2D eigenvalue weighted by Gasteiger charge is 2.24. The normalized spacial score (nSPS) is 25.2. The second kappa shape index (κ2) is 5.11. The SMILES string of the molecule is CNC1CCCCCC1n1cnc2ccccc21. The Balaban J connectivity index is 2.00. The highest BCUT2D eigenvalue weighted by atomic mass is 15.1. The van der Waals surface area contributed by atoms with Gasteiger partial charge in [-0.05, 0) is 32.0 Å². The highest BCUT2D eigenvalue weighted by molar-refractivity contribution is 5.75. The lowest BCUT2D eigenvalue weighted by Crippen LogP contribution is -2.34. The van der Waals surface area contributed by atoms with E-state index in [1.807, 2.05) is 6.33 Å². The quantitative estimate of drug-likeness (QED) is 0.821. The van der Waals surface area contributed by atoms with Gasteiger partial charge in [0.05, 0.1) is 23.4 Å². The molecule has 1 aliphatic carbocycles. The van der Waals surface area contributed by atoms with Gasteiger partial charge in [0.25, 0.3) is 0 Å². The van der Waals surface area contributed by atoms with Crippen molar-refractivity contribution in [2.45, 2.75) is 44.2 Å². The molecular weight excluding hydrogens is 222 g/mol. The Kier molecular flexibility index (Phi) is 3.33. The number of hydrogen-bond donors (Lipinski definition) is 1. The monoisotopic (exact) mass is 243 g/mol. The molecule has 0 spiro atoms. The molecule has 1 aromatic heterocycles. The van der Waals surface area contributed by atoms with Gasteiger partial charge < -0.3 is 9.88 Å². The summed E-state index contributed by atoms with van der Waals surface area (Å²) in [6.07, 6.45) is 8.58. The molecule has 1 N–H and O–H groups in total. The average molecular weight is 243 g/mol. The Bertz CT molecular complexity index is 517. The zero-order valence-corrected chi connectivity index (χ0v) is 11.0. The molecule has 1 aliphatic rings. The molecule has 2 unspecified atom stereocenters. The Hall–Kier alpha value is -1.35. The predicted molar refractivity (Wildman–Crippen MR) is 74.7 cm³/mol. The molecule has 2 aromatic rings. The highest BCUT2D eigenvalue weighted by Crippen LogP contribution is 2.30. The van der Waals surface area contributed by atoms with Gasteiger partial charge in [-0.2, -0.15) is 0 Å². The van der Waals surface area contributed by atoms with Crippen LogP contribution in [0.5, 0.6) is 0 Å². The van der Waals surface area contributed by atoms with Gasteiger partial charge in [0.1, 0.15) is 0 Å². The number of fused-ring (bicyclic) bond motifs is 1. The van der Waals surface area contributed by atoms with E-state index in [1.165, 1.54) is 37.6 Å². The topological polar surface area (TPSA) is 29.9 Å². The number of likely N-dealkylation sites (N-methyl/N-ethyl adjacent to an activating group) is 1. The van der Waals surface area contributed by atoms with Gasteiger partial charge in [0.15, 0.2) is 0 Å². The molecule has 2 atom stereocenters. The van der Waals surface area contributed by atoms with Crippen LogP contribution in [-0.2, 0) is 0 Å². The fourth-order valence-corrected chi connectivity index (χ4v) is 3.20. The third-order valence-electron chi connectivity index (χ3n) is 4.19. The van der Waals surface area contributed by atoms with Crippen LogP contribution in [0.15, 0.2) is 30.6 Å². The van der Waals surface area contributed by atoms with Gasteiger partial charge in [-0.15, -0.1) is 0 Å². The zero-order chi connectivity index (χ0) is 12.4. The predicted octanol–water partition coefficient (Wildman–Crippen LogP) is 3.13. The second-order valence-corrected chi connectivity index (χ2v) is 5.24. The van der Waals surface area contributed by atoms with E-state index in [9.17, 15) is 0 Å². The fraction of sp³-hybridized carbons (Fsp3) is 0.533. The molecule has 0 radical (unpaired) electrons. The number of imidazole rings is 1. The van der Waals surface area contributed by atoms with Crippen LogP contribution in [0.2, 0.25) is 0 Å². The lowest BCUT2D eigenvalue weighted by molar-refractivity contribution is 0.353. The lowest BCUT2D eigenvalue weighted by atomic mass is 10.0. The zero-order valence-electron chi connectivity index (χ0n) is 11.0. The van der Waals surface area contributed by atoms with Crippen molar-refractivity contribution in [3.63, 3.8) is 0 Å². The van der Waals surface area contributed by atoms with Crippen molar-refractivity contribution in [1.29, 1.82) is 0 Å². The smallest absolute Gasteiger partial charge is 0.0961 e. The third kappa shape index (κ3) is 2.03. The number of benzene rings is 1. The van der Waals surface area contributed by atoms with Gasteiger partial charge in [0, 0.05) is 6.04 Å². The van der Waals surface area contributed by atoms with Crippen LogP contribution >= 0.6 is 0 Å². The lowest BCUT2D eigenvalue weighted by Gasteiger charge is -2.26. The first kappa shape index (κ1) is 11.7. The summed E-state index contributed by atoms with van der Waals surface area (Å²) in [5.41, 5.74) is 2.38. The van der Waals surface area contributed by atoms with Crippen molar-refractivity contribution in [2.75, 3.05) is 7.05 Å². The van der Waals surface area contributed by atoms with Gasteiger partial charge >= 0.3 is 0 Å². The fourth-order valence-electron chi connectivity index (χ4n) is 3.20. The van der Waals surface area contributed by atoms with E-state index in [0.717, 1.165) is 5.52 Å². The summed E-state index contributed by atoms with van der Waals surface area (Å²) in [7, 11) is 2.09. The molecular formula is C15H21N3. The maximum absolute atomic E-state index is 4.53. The van der Waals surface area contributed by atoms with E-state index in [0.29, 0.717) is 12.1 Å². The molecule has 1 saturated carbocycles. The van der Waals surface area contributed by atoms with Crippen molar-refractivity contribution >= 4 is 11.0 Å². The van der Waals surface area contributed by atoms with Gasteiger partial charge in [-0.3, -0.25) is 0 Å². The molecule has 1 aromatic carbocycles. The van der Waals surface area contributed by atoms with Gasteiger partial charge in [-0.1, -0.05) is 31.4 Å². The largest absolute Gasteiger partial charge is 0.326 e. The van der Waals surface area contributed by atoms with Crippen molar-refractivity contribution in [3.05, 3.63) is 30.6 Å². The minimum absolute atomic E-state index is 0.546. The summed E-state index contributed by atoms with van der Waals surface area (Å²) < 4.78 is 2.38. The first-order valence-corrected chi connectivity index (χ1v) is 6.99. The summed E-state index contributed by atoms with van der Waals surface area (Å²) in [5.74, 6) is 0. The molecule has 0 bridgehead atoms. The standard InChI is InChI=1S/C15H21N3/c1-16-12-7-3-2-4-9-14(12)18-11-17-13-8-5-6-10-15(13)18/h5-6,8,10-12,14,16H,2-4,7,9H2,1H3. The molecule has 3 heteroatoms. The third-order valence-corrected chi connectivity index (χ3v) is 4.19. The van der Waals surface area contributed by atoms with E-state index in [2.05, 4.69) is 46.2 Å². The molecule has 0 saturated heterocycles. The van der Waals surface area contributed by atoms with Gasteiger partial charge in [0.2, 0.25) is 0 Å². The number of nitrogens with zero attached hydrogens (tertiary/aromatic N) is 2. The molecule has 0 amide bonds. The van der Waals surface area contributed by atoms with Crippen LogP contribution in [0.25, 0.3) is 11.0 Å². The molecule has 96 valence electrons. The van der Waals surface area contributed by atoms with Crippen molar-refractivity contribution < 1.29 is 0 Å². The Morgan fingerprint density at radius 2 is 2.00 bits per heavy atom. The van der Waals surface area contributed by atoms with E-state index < -0.39 is 0 Å². The molecule has 3 nitrogen and oxygen atoms in total. The number of nitrogens with one attached hydrogen (secondary N) is 1. The molecule has 0 aliphatic heterocycles. The summed E-state index contributed by atoms with van der Waals surface area (Å²) in [6, 6.07) is 9.56. The molecule has 1 heterocycles. The van der Waals surface area contributed by atoms with Crippen LogP contribution in [0.4, 0.5) is 0 Å². The van der Waals surface area contributed by atoms with E-state index in [4.69, 9.17) is 0 Å². The molecule has 1 fully saturated rings. The molecule has 18 heavy (non-hydrogen) atoms. The van der Waals surface area contributed by atoms with Crippen molar-refractivity contribution in [1.82, 2.24) is 14.9 Å². The van der Waals surface area contributed by atoms with Crippen molar-refractivity contribution in [3.8, 4) is 0 Å². The minimum Gasteiger partial charge on any atom is -0.326 e. The number of rotatable bonds is 2. The number of aromatic nitrogens is 2. The first-order valence-electron chi connectivity index (χ1n) is 6.99. The minimum atomic E-state index is 0.546. The Morgan fingerprint density at radius 1 is 1.17 bits per heavy atom. The van der Waals surface area contributed by atoms with E-state index in [-0.39, 0.29) is 0 Å². The van der Waals surface area contributed by atoms with Gasteiger partial charge in [-0.25, -0.2) is 4.98 Å². The Labute approximate surface area is 108 Å². The van der Waals surface area contributed by atoms with Crippen LogP contribution < -0.4 is 5.32 Å². The second-order valence-electron chi connectivity index (χ2n) is 5.24. The number of hydrogen-bond acceptors (Lipinski definition) is 2. The molecule has 3 rings (SSSR count). The summed E-state index contributed by atoms with van der Waals surface area (Å²) in [4.78, 5) is 4.53. The number of para-hydroxylation sites is 2. The van der Waals surface area contributed by atoms with Crippen LogP contribution in [0, 0.1) is 0 Å². The summed E-state index contributed by atoms with van der Waals surface area (Å²) in [6.45, 7) is 0. The van der Waals surface area contributed by atoms with E-state index >= 15 is 0 Å². The van der Waals surface area contributed by atoms with Crippen molar-refractivity contribution in [2.24, 2.45) is 0 Å². The maximum Gasteiger partial charge on any atom is 0.0961 e. The summed E-state index contributed by atoms with van der Waals surface area (Å²) in [5, 5.41) is 3.50. The first-order chi connectivity index (χ1) is 8.90.